The zero-order chi connectivity index (χ0) is 13.7. The molecule has 0 aliphatic heterocycles. The molecule has 1 N–H and O–H groups in total. The maximum Gasteiger partial charge on any atom is 0.0294 e. The van der Waals surface area contributed by atoms with Crippen LogP contribution in [0.2, 0.25) is 0 Å². The molecule has 1 fully saturated rings. The first kappa shape index (κ1) is 15.1. The van der Waals surface area contributed by atoms with Crippen LogP contribution >= 0.6 is 15.9 Å². The molecule has 2 rings (SSSR count). The van der Waals surface area contributed by atoms with E-state index < -0.39 is 0 Å². The van der Waals surface area contributed by atoms with Gasteiger partial charge in [-0.15, -0.1) is 0 Å². The van der Waals surface area contributed by atoms with Crippen molar-refractivity contribution in [2.75, 3.05) is 0 Å². The number of rotatable bonds is 5. The molecule has 1 nitrogen and oxygen atoms in total. The molecular formula is C17H26BrN. The fraction of sp³-hybridized carbons (Fsp3) is 0.647. The minimum absolute atomic E-state index is 0.459. The highest BCUT2D eigenvalue weighted by molar-refractivity contribution is 9.10. The minimum Gasteiger partial charge on any atom is -0.307 e. The topological polar surface area (TPSA) is 12.0 Å². The Labute approximate surface area is 126 Å². The van der Waals surface area contributed by atoms with Gasteiger partial charge in [-0.3, -0.25) is 0 Å². The van der Waals surface area contributed by atoms with E-state index in [4.69, 9.17) is 0 Å². The largest absolute Gasteiger partial charge is 0.307 e. The van der Waals surface area contributed by atoms with Crippen molar-refractivity contribution in [3.8, 4) is 0 Å². The van der Waals surface area contributed by atoms with Gasteiger partial charge in [0.05, 0.1) is 0 Å². The number of benzene rings is 1. The molecule has 1 atom stereocenters. The summed E-state index contributed by atoms with van der Waals surface area (Å²) in [6.07, 6.45) is 8.31. The zero-order valence-corrected chi connectivity index (χ0v) is 13.7. The maximum absolute atomic E-state index is 3.80. The molecule has 1 aromatic carbocycles. The van der Waals surface area contributed by atoms with Gasteiger partial charge < -0.3 is 5.32 Å². The molecule has 0 bridgehead atoms. The van der Waals surface area contributed by atoms with E-state index in [9.17, 15) is 0 Å². The molecule has 1 aliphatic carbocycles. The number of hydrogen-bond acceptors (Lipinski definition) is 1. The van der Waals surface area contributed by atoms with Crippen LogP contribution in [0.15, 0.2) is 28.7 Å². The average molecular weight is 324 g/mol. The number of hydrogen-bond donors (Lipinski definition) is 1. The minimum atomic E-state index is 0.459. The number of halogens is 1. The van der Waals surface area contributed by atoms with Gasteiger partial charge in [-0.2, -0.15) is 0 Å². The van der Waals surface area contributed by atoms with Crippen LogP contribution in [0.3, 0.4) is 0 Å². The smallest absolute Gasteiger partial charge is 0.0294 e. The molecule has 0 aromatic heterocycles. The Morgan fingerprint density at radius 2 is 1.79 bits per heavy atom. The van der Waals surface area contributed by atoms with Crippen LogP contribution in [0.25, 0.3) is 0 Å². The van der Waals surface area contributed by atoms with Crippen molar-refractivity contribution in [2.24, 2.45) is 5.92 Å². The summed E-state index contributed by atoms with van der Waals surface area (Å²) in [5.74, 6) is 0.992. The fourth-order valence-electron chi connectivity index (χ4n) is 3.23. The van der Waals surface area contributed by atoms with Crippen LogP contribution in [-0.4, -0.2) is 6.04 Å². The summed E-state index contributed by atoms with van der Waals surface area (Å²) in [4.78, 5) is 0. The first-order valence-corrected chi connectivity index (χ1v) is 8.50. The van der Waals surface area contributed by atoms with Gasteiger partial charge in [-0.1, -0.05) is 47.8 Å². The van der Waals surface area contributed by atoms with Gasteiger partial charge in [0.15, 0.2) is 0 Å². The summed E-state index contributed by atoms with van der Waals surface area (Å²) in [7, 11) is 0. The van der Waals surface area contributed by atoms with Gasteiger partial charge in [0.25, 0.3) is 0 Å². The van der Waals surface area contributed by atoms with Crippen LogP contribution in [-0.2, 0) is 0 Å². The predicted octanol–water partition coefficient (Wildman–Crippen LogP) is 5.46. The summed E-state index contributed by atoms with van der Waals surface area (Å²) in [5, 5.41) is 3.80. The molecule has 2 heteroatoms. The Balaban J connectivity index is 1.80. The first-order valence-electron chi connectivity index (χ1n) is 7.70. The van der Waals surface area contributed by atoms with Crippen LogP contribution in [0.1, 0.15) is 64.0 Å². The Hall–Kier alpha value is -0.340. The molecule has 0 amide bonds. The Morgan fingerprint density at radius 3 is 2.37 bits per heavy atom. The molecule has 0 heterocycles. The van der Waals surface area contributed by atoms with Crippen LogP contribution in [0.4, 0.5) is 0 Å². The Morgan fingerprint density at radius 1 is 1.16 bits per heavy atom. The summed E-state index contributed by atoms with van der Waals surface area (Å²) < 4.78 is 1.16. The van der Waals surface area contributed by atoms with Gasteiger partial charge in [0.1, 0.15) is 0 Å². The second kappa shape index (κ2) is 7.44. The molecule has 19 heavy (non-hydrogen) atoms. The molecule has 0 radical (unpaired) electrons. The van der Waals surface area contributed by atoms with Gasteiger partial charge >= 0.3 is 0 Å². The van der Waals surface area contributed by atoms with Crippen molar-refractivity contribution in [3.05, 3.63) is 34.3 Å². The monoisotopic (exact) mass is 323 g/mol. The van der Waals surface area contributed by atoms with Crippen molar-refractivity contribution < 1.29 is 0 Å². The number of nitrogens with one attached hydrogen (secondary N) is 1. The third-order valence-corrected chi connectivity index (χ3v) is 4.93. The molecule has 0 saturated heterocycles. The van der Waals surface area contributed by atoms with Crippen LogP contribution in [0, 0.1) is 5.92 Å². The van der Waals surface area contributed by atoms with Crippen molar-refractivity contribution in [2.45, 2.75) is 64.5 Å². The lowest BCUT2D eigenvalue weighted by molar-refractivity contribution is 0.266. The van der Waals surface area contributed by atoms with E-state index in [0.29, 0.717) is 12.1 Å². The lowest BCUT2D eigenvalue weighted by Crippen LogP contribution is -2.35. The highest BCUT2D eigenvalue weighted by Gasteiger charge is 2.21. The van der Waals surface area contributed by atoms with Gasteiger partial charge in [0, 0.05) is 16.6 Å². The summed E-state index contributed by atoms with van der Waals surface area (Å²) >= 11 is 3.49. The summed E-state index contributed by atoms with van der Waals surface area (Å²) in [6, 6.07) is 9.86. The van der Waals surface area contributed by atoms with Crippen molar-refractivity contribution in [1.29, 1.82) is 0 Å². The lowest BCUT2D eigenvalue weighted by Gasteiger charge is -2.31. The van der Waals surface area contributed by atoms with E-state index in [2.05, 4.69) is 59.4 Å². The molecule has 0 spiro atoms. The molecule has 1 aliphatic rings. The molecule has 1 aromatic rings. The quantitative estimate of drug-likeness (QED) is 0.758. The second-order valence-corrected chi connectivity index (χ2v) is 6.86. The SMILES string of the molecule is CCCC1CCC(NC(C)c2ccc(Br)cc2)CC1. The predicted molar refractivity (Wildman–Crippen MR) is 86.3 cm³/mol. The molecule has 1 unspecified atom stereocenters. The second-order valence-electron chi connectivity index (χ2n) is 5.95. The van der Waals surface area contributed by atoms with Gasteiger partial charge in [-0.05, 0) is 56.2 Å². The zero-order valence-electron chi connectivity index (χ0n) is 12.2. The third kappa shape index (κ3) is 4.61. The van der Waals surface area contributed by atoms with E-state index in [1.54, 1.807) is 0 Å². The van der Waals surface area contributed by atoms with Crippen molar-refractivity contribution in [3.63, 3.8) is 0 Å². The molecule has 1 saturated carbocycles. The van der Waals surface area contributed by atoms with Crippen LogP contribution < -0.4 is 5.32 Å². The van der Waals surface area contributed by atoms with Gasteiger partial charge in [-0.25, -0.2) is 0 Å². The average Bonchev–Trinajstić information content (AvgIpc) is 2.42. The Bertz CT molecular complexity index is 365. The highest BCUT2D eigenvalue weighted by Crippen LogP contribution is 2.29. The van der Waals surface area contributed by atoms with E-state index in [1.807, 2.05) is 0 Å². The highest BCUT2D eigenvalue weighted by atomic mass is 79.9. The summed E-state index contributed by atoms with van der Waals surface area (Å²) in [5.41, 5.74) is 1.39. The Kier molecular flexibility index (Phi) is 5.90. The molecule has 106 valence electrons. The van der Waals surface area contributed by atoms with Crippen molar-refractivity contribution >= 4 is 15.9 Å². The van der Waals surface area contributed by atoms with E-state index in [1.165, 1.54) is 44.1 Å². The fourth-order valence-corrected chi connectivity index (χ4v) is 3.49. The lowest BCUT2D eigenvalue weighted by atomic mass is 9.83. The molecular weight excluding hydrogens is 298 g/mol. The standard InChI is InChI=1S/C17H26BrN/c1-3-4-14-5-11-17(12-6-14)19-13(2)15-7-9-16(18)10-8-15/h7-10,13-14,17,19H,3-6,11-12H2,1-2H3. The van der Waals surface area contributed by atoms with Crippen molar-refractivity contribution in [1.82, 2.24) is 5.32 Å². The normalized spacial score (nSPS) is 25.2. The summed E-state index contributed by atoms with van der Waals surface area (Å²) in [6.45, 7) is 4.58. The van der Waals surface area contributed by atoms with E-state index in [0.717, 1.165) is 10.4 Å². The van der Waals surface area contributed by atoms with Gasteiger partial charge in [0.2, 0.25) is 0 Å². The third-order valence-electron chi connectivity index (χ3n) is 4.40. The maximum atomic E-state index is 3.80. The first-order chi connectivity index (χ1) is 9.19. The van der Waals surface area contributed by atoms with Crippen LogP contribution in [0.5, 0.6) is 0 Å². The van der Waals surface area contributed by atoms with E-state index >= 15 is 0 Å². The van der Waals surface area contributed by atoms with E-state index in [-0.39, 0.29) is 0 Å².